The number of ether oxygens (including phenoxy) is 1. The van der Waals surface area contributed by atoms with Crippen molar-refractivity contribution in [3.05, 3.63) is 11.7 Å². The van der Waals surface area contributed by atoms with Crippen LogP contribution in [0.3, 0.4) is 0 Å². The van der Waals surface area contributed by atoms with Gasteiger partial charge in [-0.1, -0.05) is 24.4 Å². The molecule has 0 radical (unpaired) electrons. The lowest BCUT2D eigenvalue weighted by Gasteiger charge is -2.33. The Morgan fingerprint density at radius 1 is 1.25 bits per heavy atom. The lowest BCUT2D eigenvalue weighted by Crippen LogP contribution is -2.35. The van der Waals surface area contributed by atoms with E-state index >= 15 is 0 Å². The summed E-state index contributed by atoms with van der Waals surface area (Å²) in [5.74, 6) is 1.42. The number of aryl methyl sites for hydroxylation is 1. The highest BCUT2D eigenvalue weighted by atomic mass is 16.5. The number of hydrogen-bond acceptors (Lipinski definition) is 5. The van der Waals surface area contributed by atoms with Crippen LogP contribution in [0, 0.1) is 6.92 Å². The second-order valence-electron chi connectivity index (χ2n) is 6.21. The third kappa shape index (κ3) is 3.38. The molecule has 3 rings (SSSR count). The van der Waals surface area contributed by atoms with Crippen LogP contribution in [0.15, 0.2) is 4.52 Å². The fourth-order valence-electron chi connectivity index (χ4n) is 3.51. The van der Waals surface area contributed by atoms with Crippen molar-refractivity contribution in [1.29, 1.82) is 0 Å². The normalized spacial score (nSPS) is 25.4. The van der Waals surface area contributed by atoms with E-state index in [1.54, 1.807) is 0 Å². The van der Waals surface area contributed by atoms with Crippen molar-refractivity contribution in [3.63, 3.8) is 0 Å². The van der Waals surface area contributed by atoms with E-state index in [2.05, 4.69) is 15.5 Å². The van der Waals surface area contributed by atoms with E-state index in [0.29, 0.717) is 12.0 Å². The van der Waals surface area contributed by atoms with E-state index in [4.69, 9.17) is 9.26 Å². The smallest absolute Gasteiger partial charge is 0.223 e. The van der Waals surface area contributed by atoms with Crippen LogP contribution in [0.2, 0.25) is 0 Å². The summed E-state index contributed by atoms with van der Waals surface area (Å²) in [6, 6.07) is 0. The molecule has 1 saturated carbocycles. The van der Waals surface area contributed by atoms with Crippen molar-refractivity contribution in [2.45, 2.75) is 70.0 Å². The average molecular weight is 279 g/mol. The van der Waals surface area contributed by atoms with Gasteiger partial charge < -0.3 is 14.6 Å². The van der Waals surface area contributed by atoms with Gasteiger partial charge in [-0.25, -0.2) is 0 Å². The largest absolute Gasteiger partial charge is 0.370 e. The van der Waals surface area contributed by atoms with E-state index in [1.165, 1.54) is 44.9 Å². The Morgan fingerprint density at radius 2 is 2.10 bits per heavy atom. The fourth-order valence-corrected chi connectivity index (χ4v) is 3.51. The SMILES string of the molecule is Cc1nc(CCNCC2CCC3(CCCCC3)O2)no1. The van der Waals surface area contributed by atoms with Gasteiger partial charge in [-0.05, 0) is 25.7 Å². The van der Waals surface area contributed by atoms with Gasteiger partial charge in [0.15, 0.2) is 5.82 Å². The molecule has 1 N–H and O–H groups in total. The summed E-state index contributed by atoms with van der Waals surface area (Å²) in [5, 5.41) is 7.36. The topological polar surface area (TPSA) is 60.2 Å². The first kappa shape index (κ1) is 14.0. The van der Waals surface area contributed by atoms with Crippen LogP contribution in [-0.4, -0.2) is 34.9 Å². The van der Waals surface area contributed by atoms with Gasteiger partial charge in [0.25, 0.3) is 0 Å². The summed E-state index contributed by atoms with van der Waals surface area (Å²) in [5.41, 5.74) is 0.232. The summed E-state index contributed by atoms with van der Waals surface area (Å²) < 4.78 is 11.3. The summed E-state index contributed by atoms with van der Waals surface area (Å²) in [4.78, 5) is 4.20. The number of hydrogen-bond donors (Lipinski definition) is 1. The molecule has 1 aromatic rings. The Labute approximate surface area is 120 Å². The van der Waals surface area contributed by atoms with Crippen LogP contribution >= 0.6 is 0 Å². The molecule has 5 heteroatoms. The monoisotopic (exact) mass is 279 g/mol. The molecule has 1 saturated heterocycles. The third-order valence-electron chi connectivity index (χ3n) is 4.57. The quantitative estimate of drug-likeness (QED) is 0.839. The maximum atomic E-state index is 6.33. The zero-order chi connectivity index (χ0) is 13.8. The minimum atomic E-state index is 0.232. The molecule has 0 aromatic carbocycles. The van der Waals surface area contributed by atoms with Crippen LogP contribution in [0.1, 0.15) is 56.7 Å². The Bertz CT molecular complexity index is 427. The lowest BCUT2D eigenvalue weighted by molar-refractivity contribution is -0.0622. The minimum absolute atomic E-state index is 0.232. The first-order chi connectivity index (χ1) is 9.76. The highest BCUT2D eigenvalue weighted by molar-refractivity contribution is 4.92. The standard InChI is InChI=1S/C15H25N3O2/c1-12-17-14(18-20-12)6-10-16-11-13-5-9-15(19-13)7-3-2-4-8-15/h13,16H,2-11H2,1H3. The zero-order valence-electron chi connectivity index (χ0n) is 12.4. The molecule has 1 atom stereocenters. The second-order valence-corrected chi connectivity index (χ2v) is 6.21. The van der Waals surface area contributed by atoms with Crippen LogP contribution in [0.25, 0.3) is 0 Å². The molecule has 1 aromatic heterocycles. The van der Waals surface area contributed by atoms with Crippen molar-refractivity contribution in [2.24, 2.45) is 0 Å². The molecule has 1 unspecified atom stereocenters. The van der Waals surface area contributed by atoms with Crippen LogP contribution in [-0.2, 0) is 11.2 Å². The highest BCUT2D eigenvalue weighted by Crippen LogP contribution is 2.41. The van der Waals surface area contributed by atoms with Crippen molar-refractivity contribution < 1.29 is 9.26 Å². The van der Waals surface area contributed by atoms with E-state index in [1.807, 2.05) is 6.92 Å². The van der Waals surface area contributed by atoms with Gasteiger partial charge in [-0.2, -0.15) is 4.98 Å². The van der Waals surface area contributed by atoms with Gasteiger partial charge in [0.2, 0.25) is 5.89 Å². The van der Waals surface area contributed by atoms with Crippen molar-refractivity contribution in [1.82, 2.24) is 15.5 Å². The molecule has 2 heterocycles. The van der Waals surface area contributed by atoms with Gasteiger partial charge in [-0.3, -0.25) is 0 Å². The molecule has 1 aliphatic heterocycles. The molecular formula is C15H25N3O2. The Hall–Kier alpha value is -0.940. The number of nitrogens with one attached hydrogen (secondary N) is 1. The number of nitrogens with zero attached hydrogens (tertiary/aromatic N) is 2. The van der Waals surface area contributed by atoms with Gasteiger partial charge in [0.05, 0.1) is 11.7 Å². The third-order valence-corrected chi connectivity index (χ3v) is 4.57. The molecule has 5 nitrogen and oxygen atoms in total. The summed E-state index contributed by atoms with van der Waals surface area (Å²) >= 11 is 0. The Kier molecular flexibility index (Phi) is 4.36. The van der Waals surface area contributed by atoms with Gasteiger partial charge in [-0.15, -0.1) is 0 Å². The van der Waals surface area contributed by atoms with Gasteiger partial charge >= 0.3 is 0 Å². The van der Waals surface area contributed by atoms with E-state index in [0.717, 1.165) is 25.3 Å². The maximum Gasteiger partial charge on any atom is 0.223 e. The molecule has 112 valence electrons. The fraction of sp³-hybridized carbons (Fsp3) is 0.867. The van der Waals surface area contributed by atoms with Crippen molar-refractivity contribution >= 4 is 0 Å². The van der Waals surface area contributed by atoms with E-state index in [9.17, 15) is 0 Å². The first-order valence-corrected chi connectivity index (χ1v) is 7.94. The maximum absolute atomic E-state index is 6.33. The molecular weight excluding hydrogens is 254 g/mol. The lowest BCUT2D eigenvalue weighted by atomic mass is 9.83. The van der Waals surface area contributed by atoms with Crippen LogP contribution < -0.4 is 5.32 Å². The first-order valence-electron chi connectivity index (χ1n) is 7.94. The van der Waals surface area contributed by atoms with E-state index in [-0.39, 0.29) is 5.60 Å². The molecule has 2 aliphatic rings. The molecule has 0 bridgehead atoms. The molecule has 1 aliphatic carbocycles. The Balaban J connectivity index is 1.35. The Morgan fingerprint density at radius 3 is 2.85 bits per heavy atom. The molecule has 0 amide bonds. The van der Waals surface area contributed by atoms with E-state index < -0.39 is 0 Å². The molecule has 2 fully saturated rings. The average Bonchev–Trinajstić information content (AvgIpc) is 3.03. The predicted octanol–water partition coefficient (Wildman–Crippen LogP) is 2.39. The zero-order valence-corrected chi connectivity index (χ0v) is 12.4. The van der Waals surface area contributed by atoms with Crippen LogP contribution in [0.5, 0.6) is 0 Å². The summed E-state index contributed by atoms with van der Waals surface area (Å²) in [6.45, 7) is 3.64. The van der Waals surface area contributed by atoms with Crippen molar-refractivity contribution in [3.8, 4) is 0 Å². The van der Waals surface area contributed by atoms with Crippen molar-refractivity contribution in [2.75, 3.05) is 13.1 Å². The van der Waals surface area contributed by atoms with Crippen LogP contribution in [0.4, 0.5) is 0 Å². The summed E-state index contributed by atoms with van der Waals surface area (Å²) in [6.07, 6.45) is 10.3. The minimum Gasteiger partial charge on any atom is -0.370 e. The number of rotatable bonds is 5. The molecule has 1 spiro atoms. The highest BCUT2D eigenvalue weighted by Gasteiger charge is 2.40. The van der Waals surface area contributed by atoms with Gasteiger partial charge in [0.1, 0.15) is 0 Å². The predicted molar refractivity (Wildman–Crippen MR) is 75.5 cm³/mol. The molecule has 20 heavy (non-hydrogen) atoms. The second kappa shape index (κ2) is 6.22. The van der Waals surface area contributed by atoms with Gasteiger partial charge in [0, 0.05) is 26.4 Å². The summed E-state index contributed by atoms with van der Waals surface area (Å²) in [7, 11) is 0. The number of aromatic nitrogens is 2.